The summed E-state index contributed by atoms with van der Waals surface area (Å²) >= 11 is 1.55. The second kappa shape index (κ2) is 17.2. The molecule has 266 valence electrons. The van der Waals surface area contributed by atoms with Crippen LogP contribution in [0.2, 0.25) is 0 Å². The number of amides is 3. The van der Waals surface area contributed by atoms with Crippen LogP contribution in [0.3, 0.4) is 0 Å². The van der Waals surface area contributed by atoms with Crippen molar-refractivity contribution in [3.05, 3.63) is 70.8 Å². The van der Waals surface area contributed by atoms with Crippen molar-refractivity contribution < 1.29 is 28.7 Å². The number of hydrogen-bond donors (Lipinski definition) is 2. The van der Waals surface area contributed by atoms with Crippen LogP contribution in [-0.4, -0.2) is 69.6 Å². The van der Waals surface area contributed by atoms with Crippen LogP contribution in [0.5, 0.6) is 0 Å². The maximum atomic E-state index is 14.8. The standard InChI is InChI=1S/C38H57N3O6S/c1-13-38(10,11)41(33(43)29(21-22-48-12)40-35(45)47-37(7,8)9)31(28-23-25(2)19-20-26(28)3)32(42)39-30(34(44)46-36(4,5)6)24-27-17-15-14-16-18-27/h14-20,23,29-31H,13,21-22,24H2,1-12H3,(H,39,42)(H,40,45). The number of rotatable bonds is 14. The van der Waals surface area contributed by atoms with E-state index in [0.29, 0.717) is 24.2 Å². The molecule has 0 aliphatic heterocycles. The minimum Gasteiger partial charge on any atom is -0.458 e. The summed E-state index contributed by atoms with van der Waals surface area (Å²) in [7, 11) is 0. The van der Waals surface area contributed by atoms with Gasteiger partial charge in [0.1, 0.15) is 29.3 Å². The van der Waals surface area contributed by atoms with Crippen LogP contribution >= 0.6 is 11.8 Å². The van der Waals surface area contributed by atoms with E-state index in [-0.39, 0.29) is 6.42 Å². The van der Waals surface area contributed by atoms with Crippen LogP contribution in [0.4, 0.5) is 4.79 Å². The lowest BCUT2D eigenvalue weighted by molar-refractivity contribution is -0.159. The van der Waals surface area contributed by atoms with Crippen molar-refractivity contribution in [2.24, 2.45) is 0 Å². The number of ether oxygens (including phenoxy) is 2. The molecule has 0 aromatic heterocycles. The quantitative estimate of drug-likeness (QED) is 0.205. The van der Waals surface area contributed by atoms with Crippen LogP contribution < -0.4 is 10.6 Å². The van der Waals surface area contributed by atoms with Gasteiger partial charge in [0.05, 0.1) is 0 Å². The van der Waals surface area contributed by atoms with Crippen LogP contribution in [0, 0.1) is 13.8 Å². The zero-order chi connectivity index (χ0) is 36.4. The Hall–Kier alpha value is -3.53. The molecular formula is C38H57N3O6S. The fourth-order valence-corrected chi connectivity index (χ4v) is 5.65. The summed E-state index contributed by atoms with van der Waals surface area (Å²) in [6.45, 7) is 20.2. The maximum Gasteiger partial charge on any atom is 0.408 e. The molecule has 3 unspecified atom stereocenters. The third-order valence-corrected chi connectivity index (χ3v) is 8.52. The summed E-state index contributed by atoms with van der Waals surface area (Å²) in [5.41, 5.74) is 0.799. The maximum absolute atomic E-state index is 14.8. The summed E-state index contributed by atoms with van der Waals surface area (Å²) in [6, 6.07) is 12.1. The number of carbonyl (C=O) groups excluding carboxylic acids is 4. The zero-order valence-corrected chi connectivity index (χ0v) is 31.8. The summed E-state index contributed by atoms with van der Waals surface area (Å²) in [5.74, 6) is -0.924. The Kier molecular flexibility index (Phi) is 14.6. The Morgan fingerprint density at radius 1 is 0.833 bits per heavy atom. The number of benzene rings is 2. The number of aryl methyl sites for hydroxylation is 2. The van der Waals surface area contributed by atoms with E-state index in [2.05, 4.69) is 10.6 Å². The molecule has 0 spiro atoms. The van der Waals surface area contributed by atoms with Crippen LogP contribution in [0.25, 0.3) is 0 Å². The Labute approximate surface area is 292 Å². The third kappa shape index (κ3) is 12.5. The summed E-state index contributed by atoms with van der Waals surface area (Å²) in [5, 5.41) is 5.80. The van der Waals surface area contributed by atoms with Crippen LogP contribution in [-0.2, 0) is 30.3 Å². The van der Waals surface area contributed by atoms with Gasteiger partial charge in [-0.3, -0.25) is 9.59 Å². The van der Waals surface area contributed by atoms with Gasteiger partial charge in [0, 0.05) is 12.0 Å². The molecule has 9 nitrogen and oxygen atoms in total. The van der Waals surface area contributed by atoms with E-state index < -0.39 is 58.7 Å². The van der Waals surface area contributed by atoms with Crippen molar-refractivity contribution >= 4 is 35.6 Å². The first kappa shape index (κ1) is 40.6. The highest BCUT2D eigenvalue weighted by atomic mass is 32.2. The number of hydrogen-bond acceptors (Lipinski definition) is 7. The molecule has 0 fully saturated rings. The molecule has 0 bridgehead atoms. The van der Waals surface area contributed by atoms with Crippen molar-refractivity contribution in [2.45, 2.75) is 130 Å². The lowest BCUT2D eigenvalue weighted by Gasteiger charge is -2.45. The Morgan fingerprint density at radius 3 is 1.98 bits per heavy atom. The third-order valence-electron chi connectivity index (χ3n) is 7.88. The SMILES string of the molecule is CCC(C)(C)N(C(=O)C(CCSC)NC(=O)OC(C)(C)C)C(C(=O)NC(Cc1ccccc1)C(=O)OC(C)(C)C)c1cc(C)ccc1C. The zero-order valence-electron chi connectivity index (χ0n) is 31.0. The number of esters is 1. The molecule has 0 heterocycles. The predicted octanol–water partition coefficient (Wildman–Crippen LogP) is 7.08. The minimum absolute atomic E-state index is 0.197. The van der Waals surface area contributed by atoms with E-state index in [9.17, 15) is 19.2 Å². The second-order valence-electron chi connectivity index (χ2n) is 14.9. The first-order valence-corrected chi connectivity index (χ1v) is 18.0. The Morgan fingerprint density at radius 2 is 1.44 bits per heavy atom. The Balaban J connectivity index is 2.75. The lowest BCUT2D eigenvalue weighted by atomic mass is 9.89. The van der Waals surface area contributed by atoms with E-state index in [0.717, 1.165) is 16.7 Å². The van der Waals surface area contributed by atoms with Gasteiger partial charge in [-0.1, -0.05) is 61.0 Å². The molecule has 2 rings (SSSR count). The molecule has 3 amide bonds. The van der Waals surface area contributed by atoms with Gasteiger partial charge in [0.25, 0.3) is 0 Å². The highest BCUT2D eigenvalue weighted by molar-refractivity contribution is 7.98. The summed E-state index contributed by atoms with van der Waals surface area (Å²) in [4.78, 5) is 57.9. The molecular weight excluding hydrogens is 627 g/mol. The van der Waals surface area contributed by atoms with Crippen molar-refractivity contribution in [3.63, 3.8) is 0 Å². The van der Waals surface area contributed by atoms with Gasteiger partial charge in [0.2, 0.25) is 11.8 Å². The van der Waals surface area contributed by atoms with Gasteiger partial charge in [-0.05, 0) is 111 Å². The van der Waals surface area contributed by atoms with Crippen molar-refractivity contribution in [1.82, 2.24) is 15.5 Å². The Bertz CT molecular complexity index is 1400. The summed E-state index contributed by atoms with van der Waals surface area (Å²) in [6.07, 6.45) is 2.25. The van der Waals surface area contributed by atoms with E-state index in [1.54, 1.807) is 58.2 Å². The van der Waals surface area contributed by atoms with Gasteiger partial charge >= 0.3 is 12.1 Å². The average Bonchev–Trinajstić information content (AvgIpc) is 2.97. The number of nitrogens with one attached hydrogen (secondary N) is 2. The van der Waals surface area contributed by atoms with Gasteiger partial charge in [0.15, 0.2) is 0 Å². The van der Waals surface area contributed by atoms with Gasteiger partial charge < -0.3 is 25.0 Å². The molecule has 0 saturated carbocycles. The van der Waals surface area contributed by atoms with Crippen LogP contribution in [0.15, 0.2) is 48.5 Å². The van der Waals surface area contributed by atoms with E-state index in [4.69, 9.17) is 9.47 Å². The highest BCUT2D eigenvalue weighted by Crippen LogP contribution is 2.35. The van der Waals surface area contributed by atoms with E-state index >= 15 is 0 Å². The van der Waals surface area contributed by atoms with E-state index in [1.807, 2.05) is 89.4 Å². The first-order chi connectivity index (χ1) is 22.2. The number of alkyl carbamates (subject to hydrolysis) is 1. The average molecular weight is 684 g/mol. The number of nitrogens with zero attached hydrogens (tertiary/aromatic N) is 1. The van der Waals surface area contributed by atoms with Crippen molar-refractivity contribution in [3.8, 4) is 0 Å². The predicted molar refractivity (Wildman–Crippen MR) is 194 cm³/mol. The fourth-order valence-electron chi connectivity index (χ4n) is 5.17. The van der Waals surface area contributed by atoms with Crippen LogP contribution in [0.1, 0.15) is 103 Å². The number of thioether (sulfide) groups is 1. The number of carbonyl (C=O) groups is 4. The van der Waals surface area contributed by atoms with Crippen molar-refractivity contribution in [2.75, 3.05) is 12.0 Å². The van der Waals surface area contributed by atoms with Gasteiger partial charge in [-0.2, -0.15) is 11.8 Å². The fraction of sp³-hybridized carbons (Fsp3) is 0.579. The highest BCUT2D eigenvalue weighted by Gasteiger charge is 2.44. The molecule has 10 heteroatoms. The molecule has 2 aromatic rings. The first-order valence-electron chi connectivity index (χ1n) is 16.6. The smallest absolute Gasteiger partial charge is 0.408 e. The molecule has 0 aliphatic rings. The molecule has 0 radical (unpaired) electrons. The van der Waals surface area contributed by atoms with Crippen molar-refractivity contribution in [1.29, 1.82) is 0 Å². The largest absolute Gasteiger partial charge is 0.458 e. The topological polar surface area (TPSA) is 114 Å². The molecule has 0 aliphatic carbocycles. The van der Waals surface area contributed by atoms with Gasteiger partial charge in [-0.15, -0.1) is 0 Å². The van der Waals surface area contributed by atoms with E-state index in [1.165, 1.54) is 0 Å². The normalized spacial score (nSPS) is 13.9. The monoisotopic (exact) mass is 683 g/mol. The molecule has 0 saturated heterocycles. The molecule has 48 heavy (non-hydrogen) atoms. The lowest BCUT2D eigenvalue weighted by Crippen LogP contribution is -2.60. The molecule has 2 N–H and O–H groups in total. The minimum atomic E-state index is -1.13. The van der Waals surface area contributed by atoms with Gasteiger partial charge in [-0.25, -0.2) is 9.59 Å². The summed E-state index contributed by atoms with van der Waals surface area (Å²) < 4.78 is 11.3. The second-order valence-corrected chi connectivity index (χ2v) is 15.9. The molecule has 2 aromatic carbocycles. The molecule has 3 atom stereocenters.